The number of anilines is 4. The van der Waals surface area contributed by atoms with Gasteiger partial charge in [-0.2, -0.15) is 4.98 Å². The third-order valence-electron chi connectivity index (χ3n) is 9.66. The van der Waals surface area contributed by atoms with Crippen LogP contribution in [0.25, 0.3) is 0 Å². The Balaban J connectivity index is 1.37. The lowest BCUT2D eigenvalue weighted by Crippen LogP contribution is -2.48. The number of urea groups is 1. The fourth-order valence-electron chi connectivity index (χ4n) is 6.79. The lowest BCUT2D eigenvalue weighted by Gasteiger charge is -2.42. The summed E-state index contributed by atoms with van der Waals surface area (Å²) in [6, 6.07) is 8.60. The molecule has 1 aliphatic heterocycles. The Hall–Kier alpha value is -3.80. The number of nitrogens with zero attached hydrogens (tertiary/aromatic N) is 4. The Kier molecular flexibility index (Phi) is 9.96. The first-order valence-corrected chi connectivity index (χ1v) is 16.9. The normalized spacial score (nSPS) is 21.1. The van der Waals surface area contributed by atoms with Crippen molar-refractivity contribution in [2.45, 2.75) is 77.0 Å². The molecule has 2 aliphatic carbocycles. The van der Waals surface area contributed by atoms with Gasteiger partial charge in [-0.05, 0) is 48.8 Å². The number of aromatic nitrogens is 2. The van der Waals surface area contributed by atoms with Crippen molar-refractivity contribution in [3.63, 3.8) is 0 Å². The van der Waals surface area contributed by atoms with Gasteiger partial charge in [0.2, 0.25) is 11.9 Å². The number of nitrogens with one attached hydrogen (secondary N) is 2. The number of benzene rings is 2. The first-order chi connectivity index (χ1) is 22.7. The molecule has 11 nitrogen and oxygen atoms in total. The van der Waals surface area contributed by atoms with Crippen LogP contribution in [0.1, 0.15) is 63.0 Å². The van der Waals surface area contributed by atoms with Gasteiger partial charge < -0.3 is 25.8 Å². The quantitative estimate of drug-likeness (QED) is 0.208. The second kappa shape index (κ2) is 14.1. The number of fused-ring (bicyclic) bond motifs is 1. The van der Waals surface area contributed by atoms with Crippen molar-refractivity contribution in [3.8, 4) is 11.5 Å². The lowest BCUT2D eigenvalue weighted by atomic mass is 9.68. The smallest absolute Gasteiger partial charge is 0.330 e. The molecule has 3 aliphatic rings. The molecular formula is C34H41Cl2N7O4. The Morgan fingerprint density at radius 2 is 1.81 bits per heavy atom. The topological polar surface area (TPSA) is 135 Å². The van der Waals surface area contributed by atoms with Crippen LogP contribution in [0.15, 0.2) is 36.5 Å². The minimum Gasteiger partial charge on any atom is -0.495 e. The van der Waals surface area contributed by atoms with Gasteiger partial charge in [0.25, 0.3) is 0 Å². The summed E-state index contributed by atoms with van der Waals surface area (Å²) in [6.07, 6.45) is 9.08. The zero-order chi connectivity index (χ0) is 33.2. The molecule has 2 saturated carbocycles. The fraction of sp³-hybridized carbons (Fsp3) is 0.471. The summed E-state index contributed by atoms with van der Waals surface area (Å²) < 4.78 is 11.0. The van der Waals surface area contributed by atoms with Crippen LogP contribution in [0, 0.1) is 11.8 Å². The number of rotatable bonds is 10. The number of hydrogen-bond acceptors (Lipinski definition) is 8. The molecule has 3 aromatic rings. The number of ether oxygens (including phenoxy) is 2. The summed E-state index contributed by atoms with van der Waals surface area (Å²) in [7, 11) is 2.97. The molecule has 0 bridgehead atoms. The molecule has 3 amide bonds. The van der Waals surface area contributed by atoms with Gasteiger partial charge in [0.15, 0.2) is 0 Å². The van der Waals surface area contributed by atoms with Gasteiger partial charge >= 0.3 is 6.03 Å². The Morgan fingerprint density at radius 1 is 1.06 bits per heavy atom. The highest BCUT2D eigenvalue weighted by atomic mass is 35.5. The Bertz CT molecular complexity index is 1620. The maximum atomic E-state index is 14.5. The standard InChI is InChI=1S/C34H41Cl2N7O4/c1-4-28(44)39-23-10-5-7-19(13-23)17-43-32-22(18-42(34(43)45)31-29(35)26(46-2)15-27(47-3)30(31)36)16-38-33(41-32)40-25-14-21(11-12-24(25)37)20-8-6-9-20/h5,7,10,13,15-16,20-21,24-25H,4,6,8-9,11-12,14,17-18,37H2,1-3H3,(H,39,44)(H,38,40,41). The van der Waals surface area contributed by atoms with Crippen LogP contribution in [0.4, 0.5) is 27.9 Å². The molecule has 1 aromatic heterocycles. The molecule has 4 N–H and O–H groups in total. The zero-order valence-electron chi connectivity index (χ0n) is 26.9. The molecule has 2 fully saturated rings. The molecule has 0 spiro atoms. The summed E-state index contributed by atoms with van der Waals surface area (Å²) in [5.74, 6) is 2.84. The van der Waals surface area contributed by atoms with Crippen molar-refractivity contribution in [2.75, 3.05) is 34.7 Å². The second-order valence-corrected chi connectivity index (χ2v) is 13.3. The number of nitrogens with two attached hydrogens (primary N) is 1. The van der Waals surface area contributed by atoms with E-state index in [2.05, 4.69) is 15.6 Å². The molecule has 6 rings (SSSR count). The van der Waals surface area contributed by atoms with Crippen LogP contribution in [0.3, 0.4) is 0 Å². The van der Waals surface area contributed by atoms with Crippen molar-refractivity contribution in [2.24, 2.45) is 17.6 Å². The maximum Gasteiger partial charge on any atom is 0.330 e. The summed E-state index contributed by atoms with van der Waals surface area (Å²) in [4.78, 5) is 39.3. The Morgan fingerprint density at radius 3 is 2.47 bits per heavy atom. The van der Waals surface area contributed by atoms with Gasteiger partial charge in [0.1, 0.15) is 27.4 Å². The lowest BCUT2D eigenvalue weighted by molar-refractivity contribution is -0.115. The third-order valence-corrected chi connectivity index (χ3v) is 10.4. The molecule has 2 heterocycles. The van der Waals surface area contributed by atoms with E-state index in [0.29, 0.717) is 46.9 Å². The van der Waals surface area contributed by atoms with Gasteiger partial charge in [0, 0.05) is 42.0 Å². The summed E-state index contributed by atoms with van der Waals surface area (Å²) >= 11 is 13.6. The van der Waals surface area contributed by atoms with Gasteiger partial charge in [-0.15, -0.1) is 0 Å². The highest BCUT2D eigenvalue weighted by molar-refractivity contribution is 6.42. The van der Waals surface area contributed by atoms with Crippen molar-refractivity contribution < 1.29 is 19.1 Å². The van der Waals surface area contributed by atoms with Crippen LogP contribution in [0.5, 0.6) is 11.5 Å². The van der Waals surface area contributed by atoms with Crippen LogP contribution >= 0.6 is 23.2 Å². The third kappa shape index (κ3) is 6.79. The highest BCUT2D eigenvalue weighted by Crippen LogP contribution is 2.48. The van der Waals surface area contributed by atoms with E-state index in [0.717, 1.165) is 30.7 Å². The van der Waals surface area contributed by atoms with E-state index in [1.54, 1.807) is 24.1 Å². The van der Waals surface area contributed by atoms with Crippen LogP contribution < -0.4 is 35.6 Å². The number of hydrogen-bond donors (Lipinski definition) is 3. The SMILES string of the molecule is CCC(=O)Nc1cccc(CN2C(=O)N(c3c(Cl)c(OC)cc(OC)c3Cl)Cc3cnc(NC4CC(C5CCC5)CCC4N)nc32)c1. The fourth-order valence-corrected chi connectivity index (χ4v) is 7.50. The maximum absolute atomic E-state index is 14.5. The van der Waals surface area contributed by atoms with Crippen LogP contribution in [-0.2, 0) is 17.9 Å². The van der Waals surface area contributed by atoms with Crippen molar-refractivity contribution in [1.82, 2.24) is 9.97 Å². The van der Waals surface area contributed by atoms with Gasteiger partial charge in [0.05, 0.1) is 33.0 Å². The number of halogens is 2. The number of carbonyl (C=O) groups excluding carboxylic acids is 2. The van der Waals surface area contributed by atoms with E-state index in [1.165, 1.54) is 38.4 Å². The predicted octanol–water partition coefficient (Wildman–Crippen LogP) is 7.00. The Labute approximate surface area is 285 Å². The van der Waals surface area contributed by atoms with Gasteiger partial charge in [-0.25, -0.2) is 9.78 Å². The number of methoxy groups -OCH3 is 2. The first kappa shape index (κ1) is 33.1. The van der Waals surface area contributed by atoms with Crippen molar-refractivity contribution >= 4 is 58.3 Å². The largest absolute Gasteiger partial charge is 0.495 e. The molecule has 3 unspecified atom stereocenters. The summed E-state index contributed by atoms with van der Waals surface area (Å²) in [5.41, 5.74) is 8.96. The molecule has 13 heteroatoms. The second-order valence-electron chi connectivity index (χ2n) is 12.5. The van der Waals surface area contributed by atoms with Crippen LogP contribution in [-0.4, -0.2) is 48.2 Å². The molecule has 2 aromatic carbocycles. The predicted molar refractivity (Wildman–Crippen MR) is 185 cm³/mol. The van der Waals surface area contributed by atoms with E-state index in [4.69, 9.17) is 43.4 Å². The molecule has 0 radical (unpaired) electrons. The van der Waals surface area contributed by atoms with E-state index < -0.39 is 6.03 Å². The monoisotopic (exact) mass is 681 g/mol. The van der Waals surface area contributed by atoms with Crippen molar-refractivity contribution in [3.05, 3.63) is 57.7 Å². The van der Waals surface area contributed by atoms with E-state index in [9.17, 15) is 9.59 Å². The molecule has 250 valence electrons. The highest BCUT2D eigenvalue weighted by Gasteiger charge is 2.38. The van der Waals surface area contributed by atoms with Crippen LogP contribution in [0.2, 0.25) is 10.0 Å². The number of amides is 3. The summed E-state index contributed by atoms with van der Waals surface area (Å²) in [6.45, 7) is 2.05. The molecular weight excluding hydrogens is 641 g/mol. The van der Waals surface area contributed by atoms with E-state index in [1.807, 2.05) is 24.3 Å². The average molecular weight is 683 g/mol. The van der Waals surface area contributed by atoms with Gasteiger partial charge in [-0.1, -0.05) is 61.5 Å². The van der Waals surface area contributed by atoms with E-state index >= 15 is 0 Å². The number of carbonyl (C=O) groups is 2. The minimum absolute atomic E-state index is 0.00687. The van der Waals surface area contributed by atoms with E-state index in [-0.39, 0.29) is 46.8 Å². The minimum atomic E-state index is -0.399. The van der Waals surface area contributed by atoms with Crippen molar-refractivity contribution in [1.29, 1.82) is 0 Å². The van der Waals surface area contributed by atoms with Gasteiger partial charge in [-0.3, -0.25) is 14.6 Å². The molecule has 47 heavy (non-hydrogen) atoms. The zero-order valence-corrected chi connectivity index (χ0v) is 28.4. The summed E-state index contributed by atoms with van der Waals surface area (Å²) in [5, 5.41) is 6.75. The molecule has 3 atom stereocenters. The molecule has 0 saturated heterocycles. The first-order valence-electron chi connectivity index (χ1n) is 16.2. The average Bonchev–Trinajstić information content (AvgIpc) is 3.04.